The van der Waals surface area contributed by atoms with E-state index in [2.05, 4.69) is 15.1 Å². The van der Waals surface area contributed by atoms with Gasteiger partial charge in [-0.1, -0.05) is 18.6 Å². The van der Waals surface area contributed by atoms with Crippen LogP contribution in [0, 0.1) is 0 Å². The number of aliphatic hydroxyl groups is 1. The lowest BCUT2D eigenvalue weighted by Crippen LogP contribution is -2.45. The smallest absolute Gasteiger partial charge is 0.258 e. The maximum Gasteiger partial charge on any atom is 0.258 e. The molecule has 1 aromatic carbocycles. The first-order valence-corrected chi connectivity index (χ1v) is 13.8. The average Bonchev–Trinajstić information content (AvgIpc) is 3.33. The van der Waals surface area contributed by atoms with Gasteiger partial charge in [0.15, 0.2) is 5.65 Å². The van der Waals surface area contributed by atoms with E-state index in [1.165, 1.54) is 11.3 Å². The minimum atomic E-state index is -0.370. The third-order valence-electron chi connectivity index (χ3n) is 7.48. The van der Waals surface area contributed by atoms with E-state index in [1.54, 1.807) is 6.07 Å². The number of aliphatic hydroxyl groups excluding tert-OH is 1. The van der Waals surface area contributed by atoms with Gasteiger partial charge in [-0.25, -0.2) is 4.98 Å². The van der Waals surface area contributed by atoms with Crippen LogP contribution in [-0.2, 0) is 4.74 Å². The van der Waals surface area contributed by atoms with Gasteiger partial charge in [-0.15, -0.1) is 11.3 Å². The first-order valence-electron chi connectivity index (χ1n) is 13.0. The number of pyridine rings is 2. The molecule has 2 aliphatic rings. The quantitative estimate of drug-likeness (QED) is 0.402. The molecule has 0 aliphatic carbocycles. The molecule has 2 aliphatic heterocycles. The number of para-hydroxylation sites is 1. The van der Waals surface area contributed by atoms with Gasteiger partial charge in [0.05, 0.1) is 35.4 Å². The van der Waals surface area contributed by atoms with E-state index >= 15 is 0 Å². The zero-order valence-corrected chi connectivity index (χ0v) is 21.5. The highest BCUT2D eigenvalue weighted by Crippen LogP contribution is 2.31. The summed E-state index contributed by atoms with van der Waals surface area (Å²) in [5.41, 5.74) is 1.35. The number of ether oxygens (including phenoxy) is 1. The summed E-state index contributed by atoms with van der Waals surface area (Å²) in [5, 5.41) is 13.1. The number of hydrogen-bond donors (Lipinski definition) is 2. The van der Waals surface area contributed by atoms with Crippen LogP contribution in [0.15, 0.2) is 41.2 Å². The Morgan fingerprint density at radius 1 is 1.14 bits per heavy atom. The molecule has 0 bridgehead atoms. The largest absolute Gasteiger partial charge is 0.395 e. The molecule has 4 aromatic rings. The molecular formula is C27H31N5O4S. The van der Waals surface area contributed by atoms with Gasteiger partial charge in [-0.3, -0.25) is 18.9 Å². The summed E-state index contributed by atoms with van der Waals surface area (Å²) in [7, 11) is 0. The molecule has 37 heavy (non-hydrogen) atoms. The molecule has 10 heteroatoms. The van der Waals surface area contributed by atoms with Crippen LogP contribution in [0.4, 0.5) is 5.82 Å². The Hall–Kier alpha value is -3.05. The molecule has 9 nitrogen and oxygen atoms in total. The summed E-state index contributed by atoms with van der Waals surface area (Å²) in [6, 6.07) is 11.7. The number of hydrogen-bond acceptors (Lipinski definition) is 8. The summed E-state index contributed by atoms with van der Waals surface area (Å²) >= 11 is 1.44. The minimum Gasteiger partial charge on any atom is -0.395 e. The van der Waals surface area contributed by atoms with Gasteiger partial charge in [-0.2, -0.15) is 0 Å². The van der Waals surface area contributed by atoms with Crippen LogP contribution in [0.25, 0.3) is 26.1 Å². The van der Waals surface area contributed by atoms with E-state index in [4.69, 9.17) is 9.72 Å². The van der Waals surface area contributed by atoms with Gasteiger partial charge in [0.1, 0.15) is 16.2 Å². The van der Waals surface area contributed by atoms with Crippen LogP contribution < -0.4 is 15.6 Å². The molecule has 0 saturated carbocycles. The molecule has 2 fully saturated rings. The Morgan fingerprint density at radius 2 is 1.97 bits per heavy atom. The maximum atomic E-state index is 13.7. The second-order valence-corrected chi connectivity index (χ2v) is 10.7. The lowest BCUT2D eigenvalue weighted by atomic mass is 10.0. The molecule has 1 unspecified atom stereocenters. The Morgan fingerprint density at radius 3 is 2.81 bits per heavy atom. The fourth-order valence-corrected chi connectivity index (χ4v) is 6.69. The highest BCUT2D eigenvalue weighted by Gasteiger charge is 2.25. The fourth-order valence-electron chi connectivity index (χ4n) is 5.51. The van der Waals surface area contributed by atoms with Crippen LogP contribution in [0.3, 0.4) is 0 Å². The fraction of sp³-hybridized carbons (Fsp3) is 0.444. The van der Waals surface area contributed by atoms with Crippen molar-refractivity contribution in [1.29, 1.82) is 0 Å². The van der Waals surface area contributed by atoms with E-state index < -0.39 is 0 Å². The number of fused-ring (bicyclic) bond motifs is 5. The standard InChI is InChI=1S/C27H31N5O4S/c33-17-18-5-3-4-11-30(18)12-10-28-26(35)23-24(34)19-8-9-22(31-13-15-36-16-14-31)29-25(19)32-20-6-1-2-7-21(20)37-27(23)32/h1-2,6-9,18,33H,3-5,10-17H2,(H,28,35). The predicted molar refractivity (Wildman–Crippen MR) is 146 cm³/mol. The number of piperidine rings is 1. The normalized spacial score (nSPS) is 19.2. The van der Waals surface area contributed by atoms with E-state index in [0.29, 0.717) is 42.2 Å². The number of nitrogens with one attached hydrogen (secondary N) is 1. The first-order chi connectivity index (χ1) is 18.2. The molecule has 3 aromatic heterocycles. The van der Waals surface area contributed by atoms with Crippen LogP contribution >= 0.6 is 11.3 Å². The number of aromatic nitrogens is 2. The van der Waals surface area contributed by atoms with Gasteiger partial charge >= 0.3 is 0 Å². The van der Waals surface area contributed by atoms with Gasteiger partial charge in [0.25, 0.3) is 5.91 Å². The highest BCUT2D eigenvalue weighted by molar-refractivity contribution is 7.24. The number of carbonyl (C=O) groups is 1. The van der Waals surface area contributed by atoms with Gasteiger partial charge < -0.3 is 20.1 Å². The summed E-state index contributed by atoms with van der Waals surface area (Å²) in [6.07, 6.45) is 3.18. The van der Waals surface area contributed by atoms with E-state index in [-0.39, 0.29) is 29.5 Å². The van der Waals surface area contributed by atoms with Crippen LogP contribution in [0.1, 0.15) is 29.6 Å². The lowest BCUT2D eigenvalue weighted by Gasteiger charge is -2.34. The van der Waals surface area contributed by atoms with Crippen molar-refractivity contribution < 1.29 is 14.6 Å². The van der Waals surface area contributed by atoms with Crippen molar-refractivity contribution in [3.05, 3.63) is 52.2 Å². The number of anilines is 1. The summed E-state index contributed by atoms with van der Waals surface area (Å²) < 4.78 is 8.43. The Labute approximate surface area is 218 Å². The van der Waals surface area contributed by atoms with E-state index in [0.717, 1.165) is 54.9 Å². The van der Waals surface area contributed by atoms with Crippen molar-refractivity contribution in [3.8, 4) is 0 Å². The third-order valence-corrected chi connectivity index (χ3v) is 8.63. The van der Waals surface area contributed by atoms with Crippen molar-refractivity contribution in [3.63, 3.8) is 0 Å². The third kappa shape index (κ3) is 4.48. The number of rotatable bonds is 6. The monoisotopic (exact) mass is 521 g/mol. The Bertz CT molecular complexity index is 1510. The highest BCUT2D eigenvalue weighted by atomic mass is 32.1. The number of likely N-dealkylation sites (tertiary alicyclic amines) is 1. The second-order valence-electron chi connectivity index (χ2n) is 9.68. The van der Waals surface area contributed by atoms with Gasteiger partial charge in [-0.05, 0) is 43.7 Å². The molecule has 0 radical (unpaired) electrons. The summed E-state index contributed by atoms with van der Waals surface area (Å²) in [5.74, 6) is 0.433. The van der Waals surface area contributed by atoms with Crippen LogP contribution in [0.5, 0.6) is 0 Å². The van der Waals surface area contributed by atoms with Crippen LogP contribution in [-0.4, -0.2) is 83.9 Å². The molecule has 0 spiro atoms. The molecular weight excluding hydrogens is 490 g/mol. The lowest BCUT2D eigenvalue weighted by molar-refractivity contribution is 0.0849. The molecule has 5 heterocycles. The number of carbonyl (C=O) groups excluding carboxylic acids is 1. The molecule has 2 N–H and O–H groups in total. The summed E-state index contributed by atoms with van der Waals surface area (Å²) in [6.45, 7) is 4.88. The number of nitrogens with zero attached hydrogens (tertiary/aromatic N) is 4. The number of benzene rings is 1. The molecule has 194 valence electrons. The minimum absolute atomic E-state index is 0.127. The van der Waals surface area contributed by atoms with Crippen molar-refractivity contribution >= 4 is 49.1 Å². The SMILES string of the molecule is O=C(NCCN1CCCCC1CO)c1c(=O)c2ccc(N3CCOCC3)nc2n2c1sc1ccccc12. The van der Waals surface area contributed by atoms with Crippen LogP contribution in [0.2, 0.25) is 0 Å². The summed E-state index contributed by atoms with van der Waals surface area (Å²) in [4.78, 5) is 37.1. The zero-order chi connectivity index (χ0) is 25.4. The average molecular weight is 522 g/mol. The topological polar surface area (TPSA) is 99.4 Å². The van der Waals surface area contributed by atoms with Crippen molar-refractivity contribution in [2.45, 2.75) is 25.3 Å². The first kappa shape index (κ1) is 24.3. The predicted octanol–water partition coefficient (Wildman–Crippen LogP) is 2.48. The molecule has 6 rings (SSSR count). The Kier molecular flexibility index (Phi) is 6.81. The molecule has 2 saturated heterocycles. The van der Waals surface area contributed by atoms with Crippen molar-refractivity contribution in [2.24, 2.45) is 0 Å². The van der Waals surface area contributed by atoms with Crippen molar-refractivity contribution in [2.75, 3.05) is 57.4 Å². The Balaban J connectivity index is 1.39. The maximum absolute atomic E-state index is 13.7. The number of morpholine rings is 1. The van der Waals surface area contributed by atoms with E-state index in [9.17, 15) is 14.7 Å². The number of amides is 1. The van der Waals surface area contributed by atoms with Gasteiger partial charge in [0, 0.05) is 32.2 Å². The second kappa shape index (κ2) is 10.4. The van der Waals surface area contributed by atoms with Crippen molar-refractivity contribution in [1.82, 2.24) is 19.6 Å². The molecule has 1 atom stereocenters. The number of thiazole rings is 1. The zero-order valence-electron chi connectivity index (χ0n) is 20.7. The van der Waals surface area contributed by atoms with E-state index in [1.807, 2.05) is 34.7 Å². The molecule has 1 amide bonds. The van der Waals surface area contributed by atoms with Gasteiger partial charge in [0.2, 0.25) is 5.43 Å².